The van der Waals surface area contributed by atoms with Gasteiger partial charge in [0.25, 0.3) is 0 Å². The van der Waals surface area contributed by atoms with E-state index in [4.69, 9.17) is 10.8 Å². The molecule has 3 N–H and O–H groups in total. The molecule has 0 saturated carbocycles. The van der Waals surface area contributed by atoms with Crippen molar-refractivity contribution in [1.82, 2.24) is 9.78 Å². The summed E-state index contributed by atoms with van der Waals surface area (Å²) in [4.78, 5) is 0. The van der Waals surface area contributed by atoms with Crippen molar-refractivity contribution >= 4 is 11.5 Å². The van der Waals surface area contributed by atoms with Gasteiger partial charge in [-0.1, -0.05) is 26.0 Å². The second-order valence-electron chi connectivity index (χ2n) is 5.81. The van der Waals surface area contributed by atoms with Crippen molar-refractivity contribution in [2.45, 2.75) is 45.1 Å². The van der Waals surface area contributed by atoms with Crippen molar-refractivity contribution in [1.29, 1.82) is 0 Å². The molecule has 0 spiro atoms. The number of aromatic nitrogens is 2. The molecule has 1 aromatic heterocycles. The first-order valence-electron chi connectivity index (χ1n) is 7.91. The number of fused-ring (bicyclic) bond motifs is 1. The summed E-state index contributed by atoms with van der Waals surface area (Å²) in [7, 11) is 0. The Labute approximate surface area is 126 Å². The standard InChI is InChI=1S/C17H24N4/c1-3-12(4-2)15-11-17-19-9-8-16(21(17)20-15)13-6-5-7-14(18)10-13/h5-7,10-12,16,19H,3-4,8-9,18H2,1-2H3. The molecule has 1 atom stereocenters. The lowest BCUT2D eigenvalue weighted by Crippen LogP contribution is -2.24. The first kappa shape index (κ1) is 14.0. The molecule has 2 aromatic rings. The third-order valence-electron chi connectivity index (χ3n) is 4.47. The van der Waals surface area contributed by atoms with Gasteiger partial charge in [-0.15, -0.1) is 0 Å². The van der Waals surface area contributed by atoms with Crippen molar-refractivity contribution in [2.24, 2.45) is 0 Å². The summed E-state index contributed by atoms with van der Waals surface area (Å²) in [5, 5.41) is 8.36. The van der Waals surface area contributed by atoms with Gasteiger partial charge in [0.15, 0.2) is 0 Å². The number of hydrogen-bond donors (Lipinski definition) is 2. The van der Waals surface area contributed by atoms with Crippen LogP contribution in [0, 0.1) is 0 Å². The van der Waals surface area contributed by atoms with Crippen LogP contribution in [0.1, 0.15) is 56.3 Å². The Bertz CT molecular complexity index is 613. The molecule has 1 aliphatic heterocycles. The van der Waals surface area contributed by atoms with E-state index in [1.54, 1.807) is 0 Å². The number of nitrogen functional groups attached to an aromatic ring is 1. The largest absolute Gasteiger partial charge is 0.399 e. The second kappa shape index (κ2) is 5.80. The van der Waals surface area contributed by atoms with Gasteiger partial charge in [0.2, 0.25) is 0 Å². The highest BCUT2D eigenvalue weighted by Gasteiger charge is 2.24. The molecule has 1 aliphatic rings. The van der Waals surface area contributed by atoms with Gasteiger partial charge < -0.3 is 11.1 Å². The Hall–Kier alpha value is -1.97. The van der Waals surface area contributed by atoms with Crippen LogP contribution in [-0.4, -0.2) is 16.3 Å². The zero-order valence-corrected chi connectivity index (χ0v) is 12.8. The van der Waals surface area contributed by atoms with E-state index < -0.39 is 0 Å². The van der Waals surface area contributed by atoms with Crippen molar-refractivity contribution in [2.75, 3.05) is 17.6 Å². The summed E-state index contributed by atoms with van der Waals surface area (Å²) in [6, 6.07) is 10.7. The molecule has 4 nitrogen and oxygen atoms in total. The van der Waals surface area contributed by atoms with Crippen LogP contribution >= 0.6 is 0 Å². The van der Waals surface area contributed by atoms with Crippen molar-refractivity contribution in [3.8, 4) is 0 Å². The van der Waals surface area contributed by atoms with E-state index >= 15 is 0 Å². The molecule has 0 saturated heterocycles. The summed E-state index contributed by atoms with van der Waals surface area (Å²) >= 11 is 0. The highest BCUT2D eigenvalue weighted by Crippen LogP contribution is 2.33. The maximum absolute atomic E-state index is 5.94. The van der Waals surface area contributed by atoms with Gasteiger partial charge in [0, 0.05) is 24.2 Å². The maximum atomic E-state index is 5.94. The quantitative estimate of drug-likeness (QED) is 0.840. The molecule has 2 heterocycles. The summed E-state index contributed by atoms with van der Waals surface area (Å²) in [6.07, 6.45) is 3.31. The van der Waals surface area contributed by atoms with Crippen LogP contribution in [0.25, 0.3) is 0 Å². The normalized spacial score (nSPS) is 17.6. The van der Waals surface area contributed by atoms with Crippen molar-refractivity contribution in [3.05, 3.63) is 41.6 Å². The minimum Gasteiger partial charge on any atom is -0.399 e. The van der Waals surface area contributed by atoms with Gasteiger partial charge >= 0.3 is 0 Å². The first-order chi connectivity index (χ1) is 10.2. The van der Waals surface area contributed by atoms with E-state index in [1.807, 2.05) is 12.1 Å². The predicted octanol–water partition coefficient (Wildman–Crippen LogP) is 3.77. The highest BCUT2D eigenvalue weighted by molar-refractivity contribution is 5.46. The molecule has 21 heavy (non-hydrogen) atoms. The third kappa shape index (κ3) is 2.62. The van der Waals surface area contributed by atoms with Gasteiger partial charge in [0.05, 0.1) is 11.7 Å². The molecule has 0 fully saturated rings. The number of nitrogens with two attached hydrogens (primary N) is 1. The van der Waals surface area contributed by atoms with Crippen LogP contribution < -0.4 is 11.1 Å². The van der Waals surface area contributed by atoms with Crippen LogP contribution in [0.3, 0.4) is 0 Å². The Morgan fingerprint density at radius 3 is 2.86 bits per heavy atom. The minimum atomic E-state index is 0.285. The molecule has 0 amide bonds. The highest BCUT2D eigenvalue weighted by atomic mass is 15.4. The Morgan fingerprint density at radius 1 is 1.33 bits per heavy atom. The number of anilines is 2. The van der Waals surface area contributed by atoms with Crippen LogP contribution in [0.15, 0.2) is 30.3 Å². The monoisotopic (exact) mass is 284 g/mol. The Morgan fingerprint density at radius 2 is 2.14 bits per heavy atom. The van der Waals surface area contributed by atoms with Crippen molar-refractivity contribution < 1.29 is 0 Å². The molecular formula is C17H24N4. The molecule has 3 rings (SSSR count). The van der Waals surface area contributed by atoms with Crippen LogP contribution in [0.2, 0.25) is 0 Å². The molecular weight excluding hydrogens is 260 g/mol. The Kier molecular flexibility index (Phi) is 3.86. The zero-order valence-electron chi connectivity index (χ0n) is 12.8. The maximum Gasteiger partial charge on any atom is 0.125 e. The molecule has 1 aromatic carbocycles. The van der Waals surface area contributed by atoms with Crippen molar-refractivity contribution in [3.63, 3.8) is 0 Å². The average Bonchev–Trinajstić information content (AvgIpc) is 2.92. The zero-order chi connectivity index (χ0) is 14.8. The fourth-order valence-corrected chi connectivity index (χ4v) is 3.22. The fraction of sp³-hybridized carbons (Fsp3) is 0.471. The SMILES string of the molecule is CCC(CC)c1cc2n(n1)C(c1cccc(N)c1)CCN2. The number of rotatable bonds is 4. The number of nitrogens with zero attached hydrogens (tertiary/aromatic N) is 2. The van der Waals surface area contributed by atoms with E-state index in [-0.39, 0.29) is 6.04 Å². The molecule has 4 heteroatoms. The molecule has 0 bridgehead atoms. The topological polar surface area (TPSA) is 55.9 Å². The number of nitrogens with one attached hydrogen (secondary N) is 1. The predicted molar refractivity (Wildman–Crippen MR) is 87.7 cm³/mol. The van der Waals surface area contributed by atoms with Gasteiger partial charge in [-0.3, -0.25) is 0 Å². The molecule has 112 valence electrons. The summed E-state index contributed by atoms with van der Waals surface area (Å²) in [6.45, 7) is 5.44. The third-order valence-corrected chi connectivity index (χ3v) is 4.47. The Balaban J connectivity index is 1.98. The number of hydrogen-bond acceptors (Lipinski definition) is 3. The molecule has 1 unspecified atom stereocenters. The first-order valence-corrected chi connectivity index (χ1v) is 7.91. The minimum absolute atomic E-state index is 0.285. The van der Waals surface area contributed by atoms with E-state index in [9.17, 15) is 0 Å². The van der Waals surface area contributed by atoms with E-state index in [0.717, 1.165) is 37.3 Å². The second-order valence-corrected chi connectivity index (χ2v) is 5.81. The van der Waals surface area contributed by atoms with Crippen LogP contribution in [0.4, 0.5) is 11.5 Å². The molecule has 0 aliphatic carbocycles. The number of benzene rings is 1. The van der Waals surface area contributed by atoms with Crippen LogP contribution in [-0.2, 0) is 0 Å². The van der Waals surface area contributed by atoms with Gasteiger partial charge in [-0.2, -0.15) is 5.10 Å². The fourth-order valence-electron chi connectivity index (χ4n) is 3.22. The van der Waals surface area contributed by atoms with E-state index in [1.165, 1.54) is 11.3 Å². The van der Waals surface area contributed by atoms with Crippen LogP contribution in [0.5, 0.6) is 0 Å². The summed E-state index contributed by atoms with van der Waals surface area (Å²) in [5.74, 6) is 1.68. The van der Waals surface area contributed by atoms with E-state index in [2.05, 4.69) is 42.0 Å². The van der Waals surface area contributed by atoms with E-state index in [0.29, 0.717) is 5.92 Å². The smallest absolute Gasteiger partial charge is 0.125 e. The average molecular weight is 284 g/mol. The van der Waals surface area contributed by atoms with Gasteiger partial charge in [-0.25, -0.2) is 4.68 Å². The lowest BCUT2D eigenvalue weighted by molar-refractivity contribution is 0.471. The summed E-state index contributed by atoms with van der Waals surface area (Å²) in [5.41, 5.74) is 9.21. The van der Waals surface area contributed by atoms with Gasteiger partial charge in [0.1, 0.15) is 5.82 Å². The summed E-state index contributed by atoms with van der Waals surface area (Å²) < 4.78 is 2.14. The molecule has 0 radical (unpaired) electrons. The lowest BCUT2D eigenvalue weighted by atomic mass is 10.00. The van der Waals surface area contributed by atoms with Gasteiger partial charge in [-0.05, 0) is 37.0 Å². The lowest BCUT2D eigenvalue weighted by Gasteiger charge is -2.26.